The number of fused-ring (bicyclic) bond motifs is 1. The number of hydrogen-bond acceptors (Lipinski definition) is 6. The fourth-order valence-electron chi connectivity index (χ4n) is 3.06. The Balaban J connectivity index is 1.69. The summed E-state index contributed by atoms with van der Waals surface area (Å²) >= 11 is 0. The Morgan fingerprint density at radius 3 is 2.26 bits per heavy atom. The van der Waals surface area contributed by atoms with Crippen LogP contribution in [-0.2, 0) is 11.9 Å². The molecule has 0 atom stereocenters. The number of aromatic nitrogens is 4. The second kappa shape index (κ2) is 5.90. The highest BCUT2D eigenvalue weighted by atomic mass is 16.7. The Hall–Kier alpha value is -3.75. The maximum Gasteiger partial charge on any atom is 0.369 e. The SMILES string of the molecule is Cc1cnn(-c2c(C(=O)ON3C(=O)c4ccccc4C3=O)c(C)nn2C)c1. The average Bonchev–Trinajstić information content (AvgIpc) is 3.26. The van der Waals surface area contributed by atoms with Crippen molar-refractivity contribution in [1.29, 1.82) is 0 Å². The third-order valence-electron chi connectivity index (χ3n) is 4.26. The summed E-state index contributed by atoms with van der Waals surface area (Å²) in [7, 11) is 1.66. The quantitative estimate of drug-likeness (QED) is 0.654. The lowest BCUT2D eigenvalue weighted by molar-refractivity contribution is -0.0585. The Kier molecular flexibility index (Phi) is 3.65. The molecule has 3 aromatic rings. The zero-order valence-corrected chi connectivity index (χ0v) is 14.8. The molecule has 2 amide bonds. The molecule has 0 unspecified atom stereocenters. The third-order valence-corrected chi connectivity index (χ3v) is 4.26. The van der Waals surface area contributed by atoms with Crippen molar-refractivity contribution < 1.29 is 19.2 Å². The predicted molar refractivity (Wildman–Crippen MR) is 92.2 cm³/mol. The first-order valence-corrected chi connectivity index (χ1v) is 8.14. The van der Waals surface area contributed by atoms with Crippen molar-refractivity contribution in [3.05, 3.63) is 64.6 Å². The molecule has 1 aliphatic heterocycles. The van der Waals surface area contributed by atoms with Gasteiger partial charge in [-0.15, -0.1) is 0 Å². The first-order valence-electron chi connectivity index (χ1n) is 8.14. The molecule has 0 N–H and O–H groups in total. The first kappa shape index (κ1) is 16.7. The summed E-state index contributed by atoms with van der Waals surface area (Å²) in [5.41, 5.74) is 1.80. The van der Waals surface area contributed by atoms with Gasteiger partial charge in [-0.3, -0.25) is 9.59 Å². The largest absolute Gasteiger partial charge is 0.369 e. The lowest BCUT2D eigenvalue weighted by Gasteiger charge is -2.13. The number of amides is 2. The monoisotopic (exact) mass is 365 g/mol. The van der Waals surface area contributed by atoms with E-state index in [2.05, 4.69) is 10.2 Å². The fourth-order valence-corrected chi connectivity index (χ4v) is 3.06. The second-order valence-electron chi connectivity index (χ2n) is 6.20. The number of rotatable bonds is 3. The zero-order chi connectivity index (χ0) is 19.3. The normalized spacial score (nSPS) is 13.2. The van der Waals surface area contributed by atoms with E-state index in [-0.39, 0.29) is 16.7 Å². The lowest BCUT2D eigenvalue weighted by atomic mass is 10.1. The minimum absolute atomic E-state index is 0.122. The summed E-state index contributed by atoms with van der Waals surface area (Å²) in [6.07, 6.45) is 3.37. The molecule has 0 fully saturated rings. The molecule has 3 heterocycles. The maximum atomic E-state index is 12.8. The number of nitrogens with zero attached hydrogens (tertiary/aromatic N) is 5. The van der Waals surface area contributed by atoms with Crippen LogP contribution < -0.4 is 0 Å². The van der Waals surface area contributed by atoms with E-state index in [1.54, 1.807) is 38.5 Å². The van der Waals surface area contributed by atoms with E-state index < -0.39 is 17.8 Å². The molecule has 9 heteroatoms. The van der Waals surface area contributed by atoms with E-state index in [1.165, 1.54) is 21.5 Å². The van der Waals surface area contributed by atoms with Crippen molar-refractivity contribution in [1.82, 2.24) is 24.6 Å². The van der Waals surface area contributed by atoms with Crippen LogP contribution >= 0.6 is 0 Å². The molecular formula is C18H15N5O4. The maximum absolute atomic E-state index is 12.8. The van der Waals surface area contributed by atoms with Crippen LogP contribution in [0.4, 0.5) is 0 Å². The van der Waals surface area contributed by atoms with Crippen LogP contribution in [0.15, 0.2) is 36.7 Å². The van der Waals surface area contributed by atoms with Crippen LogP contribution in [0, 0.1) is 13.8 Å². The molecule has 1 aliphatic rings. The number of hydroxylamine groups is 2. The molecule has 1 aromatic carbocycles. The summed E-state index contributed by atoms with van der Waals surface area (Å²) in [6, 6.07) is 6.30. The predicted octanol–water partition coefficient (Wildman–Crippen LogP) is 1.59. The van der Waals surface area contributed by atoms with Gasteiger partial charge in [-0.2, -0.15) is 10.2 Å². The molecule has 0 saturated carbocycles. The van der Waals surface area contributed by atoms with Crippen molar-refractivity contribution >= 4 is 17.8 Å². The van der Waals surface area contributed by atoms with E-state index in [0.29, 0.717) is 16.6 Å². The van der Waals surface area contributed by atoms with Gasteiger partial charge in [0.1, 0.15) is 5.56 Å². The van der Waals surface area contributed by atoms with Crippen LogP contribution in [0.3, 0.4) is 0 Å². The Bertz CT molecular complexity index is 1080. The molecule has 0 saturated heterocycles. The highest BCUT2D eigenvalue weighted by Gasteiger charge is 2.39. The van der Waals surface area contributed by atoms with Gasteiger partial charge in [0, 0.05) is 13.2 Å². The Morgan fingerprint density at radius 2 is 1.70 bits per heavy atom. The topological polar surface area (TPSA) is 99.3 Å². The summed E-state index contributed by atoms with van der Waals surface area (Å²) in [4.78, 5) is 42.8. The minimum Gasteiger partial charge on any atom is -0.324 e. The number of benzene rings is 1. The minimum atomic E-state index is -0.863. The molecular weight excluding hydrogens is 350 g/mol. The molecule has 0 radical (unpaired) electrons. The Morgan fingerprint density at radius 1 is 1.07 bits per heavy atom. The van der Waals surface area contributed by atoms with Gasteiger partial charge < -0.3 is 4.84 Å². The summed E-state index contributed by atoms with van der Waals surface area (Å²) in [5.74, 6) is -1.84. The molecule has 9 nitrogen and oxygen atoms in total. The van der Waals surface area contributed by atoms with Crippen molar-refractivity contribution in [3.63, 3.8) is 0 Å². The van der Waals surface area contributed by atoms with E-state index >= 15 is 0 Å². The summed E-state index contributed by atoms with van der Waals surface area (Å²) in [6.45, 7) is 3.50. The first-order chi connectivity index (χ1) is 12.9. The van der Waals surface area contributed by atoms with Gasteiger partial charge in [-0.1, -0.05) is 17.2 Å². The standard InChI is InChI=1S/C18H15N5O4/c1-10-8-19-22(9-10)15-14(11(2)20-21(15)3)18(26)27-23-16(24)12-6-4-5-7-13(12)17(23)25/h4-9H,1-3H3. The average molecular weight is 365 g/mol. The van der Waals surface area contributed by atoms with E-state index in [1.807, 2.05) is 6.92 Å². The number of imide groups is 1. The smallest absolute Gasteiger partial charge is 0.324 e. The molecule has 0 spiro atoms. The van der Waals surface area contributed by atoms with Crippen LogP contribution in [-0.4, -0.2) is 42.4 Å². The van der Waals surface area contributed by atoms with Gasteiger partial charge in [0.05, 0.1) is 23.0 Å². The van der Waals surface area contributed by atoms with Crippen LogP contribution in [0.2, 0.25) is 0 Å². The second-order valence-corrected chi connectivity index (χ2v) is 6.20. The van der Waals surface area contributed by atoms with Crippen LogP contribution in [0.1, 0.15) is 42.3 Å². The third kappa shape index (κ3) is 2.51. The van der Waals surface area contributed by atoms with Gasteiger partial charge in [-0.25, -0.2) is 14.2 Å². The van der Waals surface area contributed by atoms with Gasteiger partial charge in [0.2, 0.25) is 0 Å². The number of aryl methyl sites for hydroxylation is 3. The number of carbonyl (C=O) groups is 3. The van der Waals surface area contributed by atoms with Gasteiger partial charge in [0.15, 0.2) is 5.82 Å². The van der Waals surface area contributed by atoms with Gasteiger partial charge >= 0.3 is 5.97 Å². The summed E-state index contributed by atoms with van der Waals surface area (Å²) < 4.78 is 2.98. The van der Waals surface area contributed by atoms with Gasteiger partial charge in [-0.05, 0) is 31.5 Å². The van der Waals surface area contributed by atoms with Crippen molar-refractivity contribution in [2.45, 2.75) is 13.8 Å². The highest BCUT2D eigenvalue weighted by molar-refractivity contribution is 6.21. The summed E-state index contributed by atoms with van der Waals surface area (Å²) in [5, 5.41) is 8.92. The lowest BCUT2D eigenvalue weighted by Crippen LogP contribution is -2.33. The van der Waals surface area contributed by atoms with Crippen molar-refractivity contribution in [3.8, 4) is 5.82 Å². The Labute approximate surface area is 153 Å². The molecule has 0 bridgehead atoms. The molecule has 136 valence electrons. The van der Waals surface area contributed by atoms with Crippen molar-refractivity contribution in [2.75, 3.05) is 0 Å². The van der Waals surface area contributed by atoms with E-state index in [9.17, 15) is 14.4 Å². The molecule has 0 aliphatic carbocycles. The highest BCUT2D eigenvalue weighted by Crippen LogP contribution is 2.25. The fraction of sp³-hybridized carbons (Fsp3) is 0.167. The molecule has 27 heavy (non-hydrogen) atoms. The molecule has 4 rings (SSSR count). The van der Waals surface area contributed by atoms with E-state index in [4.69, 9.17) is 4.84 Å². The molecule has 2 aromatic heterocycles. The number of hydrogen-bond donors (Lipinski definition) is 0. The van der Waals surface area contributed by atoms with E-state index in [0.717, 1.165) is 5.56 Å². The van der Waals surface area contributed by atoms with Crippen LogP contribution in [0.5, 0.6) is 0 Å². The zero-order valence-electron chi connectivity index (χ0n) is 14.8. The van der Waals surface area contributed by atoms with Crippen LogP contribution in [0.25, 0.3) is 5.82 Å². The number of carbonyl (C=O) groups excluding carboxylic acids is 3. The van der Waals surface area contributed by atoms with Gasteiger partial charge in [0.25, 0.3) is 11.8 Å². The van der Waals surface area contributed by atoms with Crippen molar-refractivity contribution in [2.24, 2.45) is 7.05 Å².